The van der Waals surface area contributed by atoms with Crippen LogP contribution >= 0.6 is 0 Å². The number of methoxy groups -OCH3 is 1. The molecule has 0 fully saturated rings. The number of nitrogens with zero attached hydrogens (tertiary/aromatic N) is 2. The van der Waals surface area contributed by atoms with Crippen LogP contribution in [-0.4, -0.2) is 17.1 Å². The first-order valence-corrected chi connectivity index (χ1v) is 4.30. The lowest BCUT2D eigenvalue weighted by atomic mass is 10.1. The van der Waals surface area contributed by atoms with Gasteiger partial charge in [0.05, 0.1) is 13.3 Å². The van der Waals surface area contributed by atoms with Crippen molar-refractivity contribution < 1.29 is 4.74 Å². The van der Waals surface area contributed by atoms with Crippen LogP contribution in [0.25, 0.3) is 11.1 Å². The number of rotatable bonds is 2. The molecule has 2 heterocycles. The zero-order valence-electron chi connectivity index (χ0n) is 7.84. The minimum absolute atomic E-state index is 0.764. The summed E-state index contributed by atoms with van der Waals surface area (Å²) in [5.41, 5.74) is 2.04. The lowest BCUT2D eigenvalue weighted by Crippen LogP contribution is -1.88. The number of hydrogen-bond acceptors (Lipinski definition) is 3. The summed E-state index contributed by atoms with van der Waals surface area (Å²) in [6, 6.07) is 5.80. The molecule has 0 saturated carbocycles. The van der Waals surface area contributed by atoms with Crippen molar-refractivity contribution in [2.45, 2.75) is 0 Å². The summed E-state index contributed by atoms with van der Waals surface area (Å²) in [6.07, 6.45) is 6.99. The van der Waals surface area contributed by atoms with Crippen molar-refractivity contribution in [2.75, 3.05) is 7.11 Å². The smallest absolute Gasteiger partial charge is 0.145 e. The average molecular weight is 186 g/mol. The Morgan fingerprint density at radius 1 is 1.07 bits per heavy atom. The van der Waals surface area contributed by atoms with Crippen molar-refractivity contribution in [3.05, 3.63) is 43.0 Å². The van der Waals surface area contributed by atoms with Crippen LogP contribution in [0.2, 0.25) is 0 Å². The lowest BCUT2D eigenvalue weighted by molar-refractivity contribution is 0.414. The van der Waals surface area contributed by atoms with E-state index in [-0.39, 0.29) is 0 Å². The van der Waals surface area contributed by atoms with Gasteiger partial charge in [-0.05, 0) is 12.1 Å². The van der Waals surface area contributed by atoms with Crippen molar-refractivity contribution in [3.8, 4) is 16.9 Å². The minimum Gasteiger partial charge on any atom is -0.494 e. The number of aromatic nitrogens is 2. The Balaban J connectivity index is 2.51. The molecular formula is C11H10N2O. The molecule has 3 heteroatoms. The van der Waals surface area contributed by atoms with Crippen LogP contribution in [0.15, 0.2) is 43.0 Å². The van der Waals surface area contributed by atoms with Crippen LogP contribution in [0.4, 0.5) is 0 Å². The van der Waals surface area contributed by atoms with Crippen molar-refractivity contribution in [1.82, 2.24) is 9.97 Å². The van der Waals surface area contributed by atoms with Crippen molar-refractivity contribution in [1.29, 1.82) is 0 Å². The third-order valence-electron chi connectivity index (χ3n) is 1.98. The third kappa shape index (κ3) is 1.57. The molecule has 0 spiro atoms. The van der Waals surface area contributed by atoms with Crippen LogP contribution in [0.5, 0.6) is 5.75 Å². The van der Waals surface area contributed by atoms with Gasteiger partial charge in [0.25, 0.3) is 0 Å². The summed E-state index contributed by atoms with van der Waals surface area (Å²) in [5.74, 6) is 0.764. The highest BCUT2D eigenvalue weighted by Crippen LogP contribution is 2.27. The zero-order valence-corrected chi connectivity index (χ0v) is 7.84. The molecule has 0 bridgehead atoms. The topological polar surface area (TPSA) is 35.0 Å². The van der Waals surface area contributed by atoms with Crippen molar-refractivity contribution in [3.63, 3.8) is 0 Å². The Kier molecular flexibility index (Phi) is 2.40. The van der Waals surface area contributed by atoms with E-state index in [1.54, 1.807) is 31.9 Å². The van der Waals surface area contributed by atoms with E-state index in [4.69, 9.17) is 4.74 Å². The van der Waals surface area contributed by atoms with Crippen LogP contribution in [0.1, 0.15) is 0 Å². The number of hydrogen-bond donors (Lipinski definition) is 0. The molecule has 0 amide bonds. The summed E-state index contributed by atoms with van der Waals surface area (Å²) >= 11 is 0. The Hall–Kier alpha value is -1.90. The quantitative estimate of drug-likeness (QED) is 0.720. The molecule has 2 aromatic heterocycles. The average Bonchev–Trinajstić information content (AvgIpc) is 2.30. The standard InChI is InChI=1S/C11H10N2O/c1-14-11-8-13-6-4-10(11)9-3-2-5-12-7-9/h2-8H,1H3. The van der Waals surface area contributed by atoms with E-state index in [9.17, 15) is 0 Å². The van der Waals surface area contributed by atoms with Gasteiger partial charge in [-0.3, -0.25) is 9.97 Å². The molecule has 0 aromatic carbocycles. The second kappa shape index (κ2) is 3.87. The van der Waals surface area contributed by atoms with Crippen molar-refractivity contribution >= 4 is 0 Å². The Labute approximate surface area is 82.4 Å². The number of pyridine rings is 2. The van der Waals surface area contributed by atoms with Gasteiger partial charge in [0.15, 0.2) is 0 Å². The highest BCUT2D eigenvalue weighted by atomic mass is 16.5. The Morgan fingerprint density at radius 2 is 1.93 bits per heavy atom. The van der Waals surface area contributed by atoms with Crippen LogP contribution in [0.3, 0.4) is 0 Å². The second-order valence-electron chi connectivity index (χ2n) is 2.82. The first-order chi connectivity index (χ1) is 6.92. The fourth-order valence-corrected chi connectivity index (χ4v) is 1.30. The monoisotopic (exact) mass is 186 g/mol. The molecule has 0 unspecified atom stereocenters. The molecule has 0 aliphatic carbocycles. The normalized spacial score (nSPS) is 9.79. The molecule has 0 aliphatic rings. The molecule has 0 N–H and O–H groups in total. The van der Waals surface area contributed by atoms with Gasteiger partial charge in [-0.2, -0.15) is 0 Å². The van der Waals surface area contributed by atoms with Crippen LogP contribution in [-0.2, 0) is 0 Å². The van der Waals surface area contributed by atoms with E-state index in [0.29, 0.717) is 0 Å². The van der Waals surface area contributed by atoms with Crippen molar-refractivity contribution in [2.24, 2.45) is 0 Å². The number of ether oxygens (including phenoxy) is 1. The molecule has 14 heavy (non-hydrogen) atoms. The van der Waals surface area contributed by atoms with Gasteiger partial charge >= 0.3 is 0 Å². The second-order valence-corrected chi connectivity index (χ2v) is 2.82. The summed E-state index contributed by atoms with van der Waals surface area (Å²) < 4.78 is 5.21. The molecule has 3 nitrogen and oxygen atoms in total. The van der Waals surface area contributed by atoms with Gasteiger partial charge in [-0.1, -0.05) is 6.07 Å². The summed E-state index contributed by atoms with van der Waals surface area (Å²) in [4.78, 5) is 8.06. The lowest BCUT2D eigenvalue weighted by Gasteiger charge is -2.06. The molecule has 0 aliphatic heterocycles. The van der Waals surface area contributed by atoms with E-state index in [1.807, 2.05) is 18.2 Å². The Bertz CT molecular complexity index is 415. The van der Waals surface area contributed by atoms with Gasteiger partial charge in [-0.25, -0.2) is 0 Å². The van der Waals surface area contributed by atoms with E-state index < -0.39 is 0 Å². The van der Waals surface area contributed by atoms with E-state index in [1.165, 1.54) is 0 Å². The van der Waals surface area contributed by atoms with Gasteiger partial charge < -0.3 is 4.74 Å². The van der Waals surface area contributed by atoms with E-state index >= 15 is 0 Å². The predicted molar refractivity (Wildman–Crippen MR) is 54.0 cm³/mol. The van der Waals surface area contributed by atoms with Crippen LogP contribution < -0.4 is 4.74 Å². The summed E-state index contributed by atoms with van der Waals surface area (Å²) in [6.45, 7) is 0. The maximum absolute atomic E-state index is 5.21. The van der Waals surface area contributed by atoms with Crippen LogP contribution in [0, 0.1) is 0 Å². The maximum atomic E-state index is 5.21. The minimum atomic E-state index is 0.764. The van der Waals surface area contributed by atoms with E-state index in [2.05, 4.69) is 9.97 Å². The zero-order chi connectivity index (χ0) is 9.80. The van der Waals surface area contributed by atoms with Gasteiger partial charge in [0.1, 0.15) is 5.75 Å². The van der Waals surface area contributed by atoms with E-state index in [0.717, 1.165) is 16.9 Å². The fourth-order valence-electron chi connectivity index (χ4n) is 1.30. The first-order valence-electron chi connectivity index (χ1n) is 4.30. The molecular weight excluding hydrogens is 176 g/mol. The largest absolute Gasteiger partial charge is 0.494 e. The molecule has 70 valence electrons. The SMILES string of the molecule is COc1cnccc1-c1cccnc1. The predicted octanol–water partition coefficient (Wildman–Crippen LogP) is 2.15. The maximum Gasteiger partial charge on any atom is 0.145 e. The molecule has 0 atom stereocenters. The van der Waals surface area contributed by atoms with Gasteiger partial charge in [0, 0.05) is 29.7 Å². The van der Waals surface area contributed by atoms with Gasteiger partial charge in [0.2, 0.25) is 0 Å². The molecule has 2 aromatic rings. The fraction of sp³-hybridized carbons (Fsp3) is 0.0909. The van der Waals surface area contributed by atoms with Gasteiger partial charge in [-0.15, -0.1) is 0 Å². The molecule has 0 saturated heterocycles. The first kappa shape index (κ1) is 8.69. The molecule has 0 radical (unpaired) electrons. The highest BCUT2D eigenvalue weighted by Gasteiger charge is 2.03. The molecule has 2 rings (SSSR count). The summed E-state index contributed by atoms with van der Waals surface area (Å²) in [5, 5.41) is 0. The Morgan fingerprint density at radius 3 is 2.64 bits per heavy atom. The highest BCUT2D eigenvalue weighted by molar-refractivity contribution is 5.68. The third-order valence-corrected chi connectivity index (χ3v) is 1.98. The summed E-state index contributed by atoms with van der Waals surface area (Å²) in [7, 11) is 1.64.